The fourth-order valence-electron chi connectivity index (χ4n) is 3.21. The van der Waals surface area contributed by atoms with Crippen LogP contribution in [0.15, 0.2) is 11.4 Å². The first kappa shape index (κ1) is 11.7. The summed E-state index contributed by atoms with van der Waals surface area (Å²) in [6, 6.07) is 2.97. The van der Waals surface area contributed by atoms with Crippen molar-refractivity contribution in [2.75, 3.05) is 26.2 Å². The Hall–Kier alpha value is -0.380. The number of fused-ring (bicyclic) bond motifs is 1. The van der Waals surface area contributed by atoms with Crippen LogP contribution in [0.1, 0.15) is 36.2 Å². The molecule has 3 rings (SSSR count). The summed E-state index contributed by atoms with van der Waals surface area (Å²) >= 11 is 1.94. The molecule has 17 heavy (non-hydrogen) atoms. The second kappa shape index (κ2) is 5.09. The molecule has 3 heterocycles. The number of hydrogen-bond donors (Lipinski definition) is 1. The molecule has 1 atom stereocenters. The minimum atomic E-state index is 0.639. The van der Waals surface area contributed by atoms with Gasteiger partial charge in [0, 0.05) is 24.0 Å². The molecule has 94 valence electrons. The standard InChI is InChI=1S/C14H22N2S/c1-11-13-5-9-17-14(13)4-8-16(11)10-12-2-6-15-7-3-12/h5,9,11-12,15H,2-4,6-8,10H2,1H3. The highest BCUT2D eigenvalue weighted by Crippen LogP contribution is 2.33. The van der Waals surface area contributed by atoms with Crippen molar-refractivity contribution in [2.24, 2.45) is 5.92 Å². The van der Waals surface area contributed by atoms with Crippen LogP contribution in [0.3, 0.4) is 0 Å². The van der Waals surface area contributed by atoms with E-state index in [2.05, 4.69) is 28.6 Å². The van der Waals surface area contributed by atoms with Crippen molar-refractivity contribution in [3.63, 3.8) is 0 Å². The Bertz CT molecular complexity index is 368. The molecule has 1 fully saturated rings. The lowest BCUT2D eigenvalue weighted by molar-refractivity contribution is 0.153. The summed E-state index contributed by atoms with van der Waals surface area (Å²) in [5, 5.41) is 5.72. The lowest BCUT2D eigenvalue weighted by Gasteiger charge is -2.37. The van der Waals surface area contributed by atoms with Gasteiger partial charge in [0.15, 0.2) is 0 Å². The maximum Gasteiger partial charge on any atom is 0.0331 e. The van der Waals surface area contributed by atoms with E-state index in [0.717, 1.165) is 5.92 Å². The van der Waals surface area contributed by atoms with E-state index < -0.39 is 0 Å². The van der Waals surface area contributed by atoms with Crippen molar-refractivity contribution in [1.29, 1.82) is 0 Å². The number of rotatable bonds is 2. The van der Waals surface area contributed by atoms with Gasteiger partial charge in [-0.2, -0.15) is 0 Å². The van der Waals surface area contributed by atoms with Crippen molar-refractivity contribution < 1.29 is 0 Å². The molecule has 1 N–H and O–H groups in total. The quantitative estimate of drug-likeness (QED) is 0.868. The Morgan fingerprint density at radius 1 is 1.41 bits per heavy atom. The van der Waals surface area contributed by atoms with Crippen LogP contribution in [-0.2, 0) is 6.42 Å². The first-order valence-electron chi connectivity index (χ1n) is 6.85. The molecular formula is C14H22N2S. The molecule has 2 aliphatic rings. The van der Waals surface area contributed by atoms with Crippen molar-refractivity contribution in [3.8, 4) is 0 Å². The summed E-state index contributed by atoms with van der Waals surface area (Å²) in [4.78, 5) is 4.32. The summed E-state index contributed by atoms with van der Waals surface area (Å²) in [7, 11) is 0. The zero-order valence-electron chi connectivity index (χ0n) is 10.6. The van der Waals surface area contributed by atoms with Gasteiger partial charge in [-0.05, 0) is 62.2 Å². The SMILES string of the molecule is CC1c2ccsc2CCN1CC1CCNCC1. The van der Waals surface area contributed by atoms with Gasteiger partial charge in [-0.1, -0.05) is 0 Å². The predicted molar refractivity (Wildman–Crippen MR) is 73.6 cm³/mol. The van der Waals surface area contributed by atoms with Crippen LogP contribution in [0.25, 0.3) is 0 Å². The number of hydrogen-bond acceptors (Lipinski definition) is 3. The second-order valence-corrected chi connectivity index (χ2v) is 6.41. The Morgan fingerprint density at radius 3 is 3.06 bits per heavy atom. The number of piperidine rings is 1. The predicted octanol–water partition coefficient (Wildman–Crippen LogP) is 2.67. The Morgan fingerprint density at radius 2 is 2.24 bits per heavy atom. The minimum absolute atomic E-state index is 0.639. The van der Waals surface area contributed by atoms with Crippen LogP contribution in [0, 0.1) is 5.92 Å². The highest BCUT2D eigenvalue weighted by atomic mass is 32.1. The van der Waals surface area contributed by atoms with Gasteiger partial charge in [0.1, 0.15) is 0 Å². The van der Waals surface area contributed by atoms with Gasteiger partial charge < -0.3 is 5.32 Å². The normalized spacial score (nSPS) is 27.0. The minimum Gasteiger partial charge on any atom is -0.317 e. The van der Waals surface area contributed by atoms with Gasteiger partial charge in [0.2, 0.25) is 0 Å². The zero-order chi connectivity index (χ0) is 11.7. The summed E-state index contributed by atoms with van der Waals surface area (Å²) in [5.74, 6) is 0.916. The highest BCUT2D eigenvalue weighted by molar-refractivity contribution is 7.10. The molecule has 2 aliphatic heterocycles. The molecule has 2 nitrogen and oxygen atoms in total. The molecule has 0 saturated carbocycles. The van der Waals surface area contributed by atoms with Gasteiger partial charge in [-0.3, -0.25) is 4.90 Å². The number of nitrogens with one attached hydrogen (secondary N) is 1. The summed E-state index contributed by atoms with van der Waals surface area (Å²) in [6.07, 6.45) is 3.99. The zero-order valence-corrected chi connectivity index (χ0v) is 11.4. The summed E-state index contributed by atoms with van der Waals surface area (Å²) < 4.78 is 0. The molecule has 0 bridgehead atoms. The van der Waals surface area contributed by atoms with Crippen LogP contribution in [0.2, 0.25) is 0 Å². The van der Waals surface area contributed by atoms with E-state index in [0.29, 0.717) is 6.04 Å². The molecular weight excluding hydrogens is 228 g/mol. The molecule has 1 aromatic rings. The van der Waals surface area contributed by atoms with E-state index in [4.69, 9.17) is 0 Å². The van der Waals surface area contributed by atoms with Crippen molar-refractivity contribution >= 4 is 11.3 Å². The van der Waals surface area contributed by atoms with Crippen molar-refractivity contribution in [3.05, 3.63) is 21.9 Å². The molecule has 3 heteroatoms. The Kier molecular flexibility index (Phi) is 3.50. The van der Waals surface area contributed by atoms with Crippen LogP contribution in [0.5, 0.6) is 0 Å². The van der Waals surface area contributed by atoms with Crippen LogP contribution < -0.4 is 5.32 Å². The molecule has 1 unspecified atom stereocenters. The average Bonchev–Trinajstić information content (AvgIpc) is 2.83. The molecule has 1 saturated heterocycles. The second-order valence-electron chi connectivity index (χ2n) is 5.41. The summed E-state index contributed by atoms with van der Waals surface area (Å²) in [5.41, 5.74) is 1.59. The molecule has 0 radical (unpaired) electrons. The van der Waals surface area contributed by atoms with E-state index in [1.165, 1.54) is 45.4 Å². The van der Waals surface area contributed by atoms with E-state index in [1.54, 1.807) is 10.4 Å². The molecule has 0 spiro atoms. The third-order valence-corrected chi connectivity index (χ3v) is 5.35. The van der Waals surface area contributed by atoms with Gasteiger partial charge >= 0.3 is 0 Å². The molecule has 0 aliphatic carbocycles. The Labute approximate surface area is 108 Å². The number of nitrogens with zero attached hydrogens (tertiary/aromatic N) is 1. The van der Waals surface area contributed by atoms with E-state index in [9.17, 15) is 0 Å². The van der Waals surface area contributed by atoms with E-state index in [1.807, 2.05) is 11.3 Å². The van der Waals surface area contributed by atoms with E-state index >= 15 is 0 Å². The highest BCUT2D eigenvalue weighted by Gasteiger charge is 2.26. The first-order valence-corrected chi connectivity index (χ1v) is 7.73. The van der Waals surface area contributed by atoms with Gasteiger partial charge in [0.05, 0.1) is 0 Å². The summed E-state index contributed by atoms with van der Waals surface area (Å²) in [6.45, 7) is 7.38. The third kappa shape index (κ3) is 2.42. The van der Waals surface area contributed by atoms with Gasteiger partial charge in [0.25, 0.3) is 0 Å². The maximum atomic E-state index is 3.46. The van der Waals surface area contributed by atoms with Crippen LogP contribution in [0.4, 0.5) is 0 Å². The Balaban J connectivity index is 1.65. The third-order valence-electron chi connectivity index (χ3n) is 4.36. The van der Waals surface area contributed by atoms with Crippen LogP contribution >= 0.6 is 11.3 Å². The van der Waals surface area contributed by atoms with Gasteiger partial charge in [-0.25, -0.2) is 0 Å². The van der Waals surface area contributed by atoms with Crippen molar-refractivity contribution in [2.45, 2.75) is 32.2 Å². The largest absolute Gasteiger partial charge is 0.317 e. The lowest BCUT2D eigenvalue weighted by atomic mass is 9.94. The maximum absolute atomic E-state index is 3.46. The van der Waals surface area contributed by atoms with Gasteiger partial charge in [-0.15, -0.1) is 11.3 Å². The molecule has 0 amide bonds. The first-order chi connectivity index (χ1) is 8.34. The van der Waals surface area contributed by atoms with Crippen molar-refractivity contribution in [1.82, 2.24) is 10.2 Å². The fraction of sp³-hybridized carbons (Fsp3) is 0.714. The molecule has 0 aromatic carbocycles. The van der Waals surface area contributed by atoms with E-state index in [-0.39, 0.29) is 0 Å². The smallest absolute Gasteiger partial charge is 0.0331 e. The molecule has 1 aromatic heterocycles. The average molecular weight is 250 g/mol. The number of thiophene rings is 1. The lowest BCUT2D eigenvalue weighted by Crippen LogP contribution is -2.40. The van der Waals surface area contributed by atoms with Crippen LogP contribution in [-0.4, -0.2) is 31.1 Å². The fourth-order valence-corrected chi connectivity index (χ4v) is 4.17. The monoisotopic (exact) mass is 250 g/mol. The topological polar surface area (TPSA) is 15.3 Å².